The summed E-state index contributed by atoms with van der Waals surface area (Å²) in [5.41, 5.74) is 1.60. The van der Waals surface area contributed by atoms with Crippen LogP contribution in [0, 0.1) is 0 Å². The lowest BCUT2D eigenvalue weighted by atomic mass is 10.0. The average molecular weight is 375 g/mol. The van der Waals surface area contributed by atoms with Crippen LogP contribution in [0.1, 0.15) is 35.8 Å². The third-order valence-corrected chi connectivity index (χ3v) is 5.57. The fourth-order valence-corrected chi connectivity index (χ4v) is 3.57. The number of carbonyl (C=O) groups excluding carboxylic acids is 1. The molecule has 0 fully saturated rings. The first-order chi connectivity index (χ1) is 12.4. The van der Waals surface area contributed by atoms with Crippen LogP contribution in [0.15, 0.2) is 59.5 Å². The van der Waals surface area contributed by atoms with Gasteiger partial charge in [-0.1, -0.05) is 44.2 Å². The van der Waals surface area contributed by atoms with Gasteiger partial charge in [0.25, 0.3) is 5.91 Å². The zero-order chi connectivity index (χ0) is 19.2. The van der Waals surface area contributed by atoms with Crippen molar-refractivity contribution in [3.05, 3.63) is 65.7 Å². The highest BCUT2D eigenvalue weighted by molar-refractivity contribution is 7.90. The van der Waals surface area contributed by atoms with Crippen molar-refractivity contribution in [1.82, 2.24) is 10.2 Å². The molecule has 0 bridgehead atoms. The molecular weight excluding hydrogens is 348 g/mol. The number of hydrogen-bond donors (Lipinski definition) is 1. The SMILES string of the molecule is CCN(CC)C(CNC(=O)c1ccc(S(C)(=O)=O)cc1)c1ccccc1. The quantitative estimate of drug-likeness (QED) is 0.771. The van der Waals surface area contributed by atoms with Gasteiger partial charge in [-0.2, -0.15) is 0 Å². The summed E-state index contributed by atoms with van der Waals surface area (Å²) < 4.78 is 23.0. The van der Waals surface area contributed by atoms with E-state index in [9.17, 15) is 13.2 Å². The Morgan fingerprint density at radius 3 is 2.08 bits per heavy atom. The van der Waals surface area contributed by atoms with Crippen LogP contribution >= 0.6 is 0 Å². The average Bonchev–Trinajstić information content (AvgIpc) is 2.65. The van der Waals surface area contributed by atoms with Crippen LogP contribution in [0.3, 0.4) is 0 Å². The summed E-state index contributed by atoms with van der Waals surface area (Å²) in [7, 11) is -3.26. The van der Waals surface area contributed by atoms with Crippen molar-refractivity contribution in [3.63, 3.8) is 0 Å². The van der Waals surface area contributed by atoms with Crippen molar-refractivity contribution in [2.45, 2.75) is 24.8 Å². The lowest BCUT2D eigenvalue weighted by Gasteiger charge is -2.30. The van der Waals surface area contributed by atoms with Crippen LogP contribution < -0.4 is 5.32 Å². The third kappa shape index (κ3) is 5.16. The molecule has 0 aliphatic rings. The highest BCUT2D eigenvalue weighted by Crippen LogP contribution is 2.19. The standard InChI is InChI=1S/C20H26N2O3S/c1-4-22(5-2)19(16-9-7-6-8-10-16)15-21-20(23)17-11-13-18(14-12-17)26(3,24)25/h6-14,19H,4-5,15H2,1-3H3,(H,21,23). The van der Waals surface area contributed by atoms with Crippen LogP contribution in [-0.2, 0) is 9.84 Å². The van der Waals surface area contributed by atoms with Crippen LogP contribution in [0.4, 0.5) is 0 Å². The second-order valence-electron chi connectivity index (χ2n) is 6.15. The van der Waals surface area contributed by atoms with Crippen molar-refractivity contribution >= 4 is 15.7 Å². The van der Waals surface area contributed by atoms with Gasteiger partial charge in [-0.3, -0.25) is 9.69 Å². The summed E-state index contributed by atoms with van der Waals surface area (Å²) in [6, 6.07) is 16.2. The van der Waals surface area contributed by atoms with Crippen molar-refractivity contribution in [3.8, 4) is 0 Å². The number of likely N-dealkylation sites (N-methyl/N-ethyl adjacent to an activating group) is 1. The normalized spacial score (nSPS) is 12.8. The first-order valence-corrected chi connectivity index (χ1v) is 10.6. The second-order valence-corrected chi connectivity index (χ2v) is 8.17. The lowest BCUT2D eigenvalue weighted by Crippen LogP contribution is -2.38. The maximum absolute atomic E-state index is 12.5. The molecule has 0 aliphatic heterocycles. The highest BCUT2D eigenvalue weighted by atomic mass is 32.2. The van der Waals surface area contributed by atoms with Gasteiger partial charge in [-0.05, 0) is 42.9 Å². The van der Waals surface area contributed by atoms with Crippen LogP contribution in [0.2, 0.25) is 0 Å². The number of amides is 1. The van der Waals surface area contributed by atoms with E-state index in [4.69, 9.17) is 0 Å². The Bertz CT molecular complexity index is 814. The molecule has 26 heavy (non-hydrogen) atoms. The molecule has 1 unspecified atom stereocenters. The monoisotopic (exact) mass is 374 g/mol. The Balaban J connectivity index is 2.11. The fourth-order valence-electron chi connectivity index (χ4n) is 2.94. The zero-order valence-corrected chi connectivity index (χ0v) is 16.3. The highest BCUT2D eigenvalue weighted by Gasteiger charge is 2.19. The number of sulfone groups is 1. The number of nitrogens with one attached hydrogen (secondary N) is 1. The van der Waals surface area contributed by atoms with Crippen LogP contribution in [0.5, 0.6) is 0 Å². The van der Waals surface area contributed by atoms with Crippen LogP contribution in [0.25, 0.3) is 0 Å². The minimum absolute atomic E-state index is 0.0884. The molecule has 1 N–H and O–H groups in total. The van der Waals surface area contributed by atoms with Gasteiger partial charge in [0.1, 0.15) is 0 Å². The Hall–Kier alpha value is -2.18. The van der Waals surface area contributed by atoms with Gasteiger partial charge in [-0.25, -0.2) is 8.42 Å². The van der Waals surface area contributed by atoms with Gasteiger partial charge in [0, 0.05) is 18.4 Å². The molecular formula is C20H26N2O3S. The summed E-state index contributed by atoms with van der Waals surface area (Å²) in [5.74, 6) is -0.210. The van der Waals surface area contributed by atoms with Crippen molar-refractivity contribution in [2.75, 3.05) is 25.9 Å². The predicted octanol–water partition coefficient (Wildman–Crippen LogP) is 2.90. The molecule has 140 valence electrons. The van der Waals surface area contributed by atoms with Crippen molar-refractivity contribution < 1.29 is 13.2 Å². The molecule has 0 saturated carbocycles. The summed E-state index contributed by atoms with van der Waals surface area (Å²) in [6.07, 6.45) is 1.15. The van der Waals surface area contributed by atoms with E-state index in [2.05, 4.69) is 36.2 Å². The Morgan fingerprint density at radius 1 is 1.00 bits per heavy atom. The smallest absolute Gasteiger partial charge is 0.251 e. The van der Waals surface area contributed by atoms with Gasteiger partial charge < -0.3 is 5.32 Å². The minimum Gasteiger partial charge on any atom is -0.350 e. The first kappa shape index (κ1) is 20.1. The first-order valence-electron chi connectivity index (χ1n) is 8.74. The minimum atomic E-state index is -3.26. The fraction of sp³-hybridized carbons (Fsp3) is 0.350. The number of rotatable bonds is 8. The second kappa shape index (κ2) is 8.96. The van der Waals surface area contributed by atoms with E-state index in [1.165, 1.54) is 12.1 Å². The van der Waals surface area contributed by atoms with Gasteiger partial charge in [0.2, 0.25) is 0 Å². The van der Waals surface area contributed by atoms with E-state index in [0.29, 0.717) is 12.1 Å². The van der Waals surface area contributed by atoms with E-state index in [0.717, 1.165) is 24.9 Å². The van der Waals surface area contributed by atoms with Gasteiger partial charge in [-0.15, -0.1) is 0 Å². The molecule has 5 nitrogen and oxygen atoms in total. The van der Waals surface area contributed by atoms with E-state index >= 15 is 0 Å². The maximum atomic E-state index is 12.5. The van der Waals surface area contributed by atoms with E-state index in [1.807, 2.05) is 18.2 Å². The van der Waals surface area contributed by atoms with E-state index in [-0.39, 0.29) is 16.8 Å². The summed E-state index contributed by atoms with van der Waals surface area (Å²) in [6.45, 7) is 6.46. The molecule has 0 aromatic heterocycles. The molecule has 0 saturated heterocycles. The van der Waals surface area contributed by atoms with Crippen LogP contribution in [-0.4, -0.2) is 45.1 Å². The molecule has 0 spiro atoms. The molecule has 2 rings (SSSR count). The Labute approximate surface area is 156 Å². The van der Waals surface area contributed by atoms with Gasteiger partial charge >= 0.3 is 0 Å². The number of nitrogens with zero attached hydrogens (tertiary/aromatic N) is 1. The summed E-state index contributed by atoms with van der Waals surface area (Å²) in [4.78, 5) is 15.0. The zero-order valence-electron chi connectivity index (χ0n) is 15.5. The Morgan fingerprint density at radius 2 is 1.58 bits per heavy atom. The molecule has 6 heteroatoms. The predicted molar refractivity (Wildman–Crippen MR) is 104 cm³/mol. The number of hydrogen-bond acceptors (Lipinski definition) is 4. The molecule has 2 aromatic rings. The maximum Gasteiger partial charge on any atom is 0.251 e. The molecule has 0 heterocycles. The summed E-state index contributed by atoms with van der Waals surface area (Å²) in [5, 5.41) is 2.97. The topological polar surface area (TPSA) is 66.5 Å². The van der Waals surface area contributed by atoms with Gasteiger partial charge in [0.05, 0.1) is 10.9 Å². The molecule has 1 amide bonds. The Kier molecular flexibility index (Phi) is 6.94. The van der Waals surface area contributed by atoms with Gasteiger partial charge in [0.15, 0.2) is 9.84 Å². The largest absolute Gasteiger partial charge is 0.350 e. The molecule has 0 radical (unpaired) electrons. The summed E-state index contributed by atoms with van der Waals surface area (Å²) >= 11 is 0. The molecule has 2 aromatic carbocycles. The van der Waals surface area contributed by atoms with E-state index in [1.54, 1.807) is 12.1 Å². The third-order valence-electron chi connectivity index (χ3n) is 4.44. The van der Waals surface area contributed by atoms with Crippen molar-refractivity contribution in [2.24, 2.45) is 0 Å². The number of carbonyl (C=O) groups is 1. The van der Waals surface area contributed by atoms with E-state index < -0.39 is 9.84 Å². The molecule has 0 aliphatic carbocycles. The molecule has 1 atom stereocenters. The van der Waals surface area contributed by atoms with Crippen molar-refractivity contribution in [1.29, 1.82) is 0 Å². The number of benzene rings is 2. The lowest BCUT2D eigenvalue weighted by molar-refractivity contribution is 0.0935.